The fraction of sp³-hybridized carbons (Fsp3) is 0.304. The van der Waals surface area contributed by atoms with Gasteiger partial charge in [0.05, 0.1) is 19.8 Å². The van der Waals surface area contributed by atoms with Crippen molar-refractivity contribution in [1.29, 1.82) is 0 Å². The first-order valence-corrected chi connectivity index (χ1v) is 9.93. The average molecular weight is 428 g/mol. The van der Waals surface area contributed by atoms with Gasteiger partial charge in [-0.3, -0.25) is 14.5 Å². The van der Waals surface area contributed by atoms with Crippen molar-refractivity contribution >= 4 is 23.1 Å². The number of nitrogens with zero attached hydrogens (tertiary/aromatic N) is 1. The standard InChI is InChI=1S/C23H25FN2O5/c1-4-31-13-5-12-26-22(27)20(15-6-11-18(29-2)19(14-15)30-3)21(23(26)28)25-17-9-7-16(24)8-10-17/h6-11,14,25H,4-5,12-13H2,1-3H3. The highest BCUT2D eigenvalue weighted by Gasteiger charge is 2.39. The Hall–Kier alpha value is -3.39. The molecule has 0 atom stereocenters. The minimum atomic E-state index is -0.449. The predicted molar refractivity (Wildman–Crippen MR) is 114 cm³/mol. The molecular weight excluding hydrogens is 403 g/mol. The first kappa shape index (κ1) is 22.3. The zero-order valence-electron chi connectivity index (χ0n) is 17.7. The van der Waals surface area contributed by atoms with Crippen LogP contribution in [0.25, 0.3) is 5.57 Å². The van der Waals surface area contributed by atoms with Crippen molar-refractivity contribution in [2.75, 3.05) is 39.3 Å². The van der Waals surface area contributed by atoms with Crippen LogP contribution in [0.3, 0.4) is 0 Å². The topological polar surface area (TPSA) is 77.1 Å². The molecule has 7 nitrogen and oxygen atoms in total. The molecule has 2 aromatic rings. The summed E-state index contributed by atoms with van der Waals surface area (Å²) in [6, 6.07) is 10.6. The Morgan fingerprint density at radius 1 is 0.968 bits per heavy atom. The molecule has 0 saturated carbocycles. The number of methoxy groups -OCH3 is 2. The summed E-state index contributed by atoms with van der Waals surface area (Å²) in [7, 11) is 3.01. The molecule has 1 N–H and O–H groups in total. The highest BCUT2D eigenvalue weighted by molar-refractivity contribution is 6.36. The second-order valence-electron chi connectivity index (χ2n) is 6.76. The van der Waals surface area contributed by atoms with E-state index in [-0.39, 0.29) is 17.8 Å². The molecule has 2 amide bonds. The van der Waals surface area contributed by atoms with Crippen LogP contribution >= 0.6 is 0 Å². The molecular formula is C23H25FN2O5. The molecule has 0 bridgehead atoms. The lowest BCUT2D eigenvalue weighted by Gasteiger charge is -2.15. The lowest BCUT2D eigenvalue weighted by atomic mass is 10.0. The fourth-order valence-corrected chi connectivity index (χ4v) is 3.30. The summed E-state index contributed by atoms with van der Waals surface area (Å²) in [5, 5.41) is 2.99. The number of benzene rings is 2. The third-order valence-corrected chi connectivity index (χ3v) is 4.83. The van der Waals surface area contributed by atoms with E-state index in [2.05, 4.69) is 5.32 Å². The second-order valence-corrected chi connectivity index (χ2v) is 6.76. The van der Waals surface area contributed by atoms with Crippen LogP contribution in [-0.2, 0) is 14.3 Å². The Labute approximate surface area is 180 Å². The van der Waals surface area contributed by atoms with Crippen LogP contribution in [0, 0.1) is 5.82 Å². The molecule has 31 heavy (non-hydrogen) atoms. The van der Waals surface area contributed by atoms with Gasteiger partial charge >= 0.3 is 0 Å². The number of anilines is 1. The van der Waals surface area contributed by atoms with Crippen LogP contribution in [0.2, 0.25) is 0 Å². The molecule has 0 fully saturated rings. The molecule has 1 heterocycles. The predicted octanol–water partition coefficient (Wildman–Crippen LogP) is 3.46. The molecule has 1 aliphatic heterocycles. The van der Waals surface area contributed by atoms with Gasteiger partial charge in [0, 0.05) is 25.4 Å². The van der Waals surface area contributed by atoms with E-state index < -0.39 is 17.6 Å². The molecule has 3 rings (SSSR count). The van der Waals surface area contributed by atoms with Crippen LogP contribution in [0.5, 0.6) is 11.5 Å². The summed E-state index contributed by atoms with van der Waals surface area (Å²) in [4.78, 5) is 27.5. The molecule has 164 valence electrons. The Morgan fingerprint density at radius 2 is 1.68 bits per heavy atom. The van der Waals surface area contributed by atoms with Crippen molar-refractivity contribution in [1.82, 2.24) is 4.90 Å². The Bertz CT molecular complexity index is 988. The molecule has 0 spiro atoms. The van der Waals surface area contributed by atoms with E-state index in [1.807, 2.05) is 6.92 Å². The van der Waals surface area contributed by atoms with E-state index in [1.165, 1.54) is 43.4 Å². The van der Waals surface area contributed by atoms with Gasteiger partial charge in [-0.1, -0.05) is 6.07 Å². The first-order valence-electron chi connectivity index (χ1n) is 9.93. The quantitative estimate of drug-likeness (QED) is 0.461. The molecule has 2 aromatic carbocycles. The highest BCUT2D eigenvalue weighted by atomic mass is 19.1. The maximum Gasteiger partial charge on any atom is 0.278 e. The number of halogens is 1. The zero-order chi connectivity index (χ0) is 22.4. The number of ether oxygens (including phenoxy) is 3. The number of carbonyl (C=O) groups excluding carboxylic acids is 2. The number of amides is 2. The molecule has 0 aliphatic carbocycles. The maximum atomic E-state index is 13.3. The second kappa shape index (κ2) is 10.1. The van der Waals surface area contributed by atoms with Gasteiger partial charge in [-0.25, -0.2) is 4.39 Å². The van der Waals surface area contributed by atoms with Gasteiger partial charge in [-0.05, 0) is 55.3 Å². The minimum Gasteiger partial charge on any atom is -0.493 e. The van der Waals surface area contributed by atoms with Crippen molar-refractivity contribution in [2.24, 2.45) is 0 Å². The Kier molecular flexibility index (Phi) is 7.25. The lowest BCUT2D eigenvalue weighted by molar-refractivity contribution is -0.137. The van der Waals surface area contributed by atoms with Gasteiger partial charge in [0.1, 0.15) is 11.5 Å². The van der Waals surface area contributed by atoms with Crippen molar-refractivity contribution in [3.63, 3.8) is 0 Å². The number of hydrogen-bond donors (Lipinski definition) is 1. The van der Waals surface area contributed by atoms with Crippen molar-refractivity contribution < 1.29 is 28.2 Å². The minimum absolute atomic E-state index is 0.125. The van der Waals surface area contributed by atoms with Crippen molar-refractivity contribution in [3.05, 3.63) is 59.5 Å². The molecule has 0 aromatic heterocycles. The Balaban J connectivity index is 1.99. The van der Waals surface area contributed by atoms with E-state index in [0.717, 1.165) is 0 Å². The number of imide groups is 1. The fourth-order valence-electron chi connectivity index (χ4n) is 3.30. The SMILES string of the molecule is CCOCCCN1C(=O)C(Nc2ccc(F)cc2)=C(c2ccc(OC)c(OC)c2)C1=O. The first-order chi connectivity index (χ1) is 15.0. The summed E-state index contributed by atoms with van der Waals surface area (Å²) in [5.41, 5.74) is 1.34. The van der Waals surface area contributed by atoms with E-state index in [9.17, 15) is 14.0 Å². The number of carbonyl (C=O) groups is 2. The third-order valence-electron chi connectivity index (χ3n) is 4.83. The molecule has 8 heteroatoms. The van der Waals surface area contributed by atoms with Gasteiger partial charge in [0.2, 0.25) is 0 Å². The van der Waals surface area contributed by atoms with Crippen LogP contribution in [0.1, 0.15) is 18.9 Å². The number of rotatable bonds is 10. The third kappa shape index (κ3) is 4.86. The Morgan fingerprint density at radius 3 is 2.32 bits per heavy atom. The van der Waals surface area contributed by atoms with Crippen LogP contribution in [0.15, 0.2) is 48.2 Å². The molecule has 0 unspecified atom stereocenters. The van der Waals surface area contributed by atoms with Crippen LogP contribution in [-0.4, -0.2) is 50.7 Å². The molecule has 1 aliphatic rings. The van der Waals surface area contributed by atoms with Gasteiger partial charge in [0.15, 0.2) is 11.5 Å². The highest BCUT2D eigenvalue weighted by Crippen LogP contribution is 2.35. The molecule has 0 radical (unpaired) electrons. The van der Waals surface area contributed by atoms with E-state index in [4.69, 9.17) is 14.2 Å². The molecule has 0 saturated heterocycles. The number of hydrogen-bond acceptors (Lipinski definition) is 6. The summed E-state index contributed by atoms with van der Waals surface area (Å²) < 4.78 is 29.2. The summed E-state index contributed by atoms with van der Waals surface area (Å²) in [5.74, 6) is -0.325. The summed E-state index contributed by atoms with van der Waals surface area (Å²) in [6.45, 7) is 3.12. The monoisotopic (exact) mass is 428 g/mol. The van der Waals surface area contributed by atoms with Crippen LogP contribution < -0.4 is 14.8 Å². The van der Waals surface area contributed by atoms with Crippen LogP contribution in [0.4, 0.5) is 10.1 Å². The van der Waals surface area contributed by atoms with Crippen molar-refractivity contribution in [3.8, 4) is 11.5 Å². The lowest BCUT2D eigenvalue weighted by Crippen LogP contribution is -2.34. The van der Waals surface area contributed by atoms with Gasteiger partial charge in [-0.15, -0.1) is 0 Å². The van der Waals surface area contributed by atoms with Gasteiger partial charge in [-0.2, -0.15) is 0 Å². The van der Waals surface area contributed by atoms with E-state index in [1.54, 1.807) is 18.2 Å². The van der Waals surface area contributed by atoms with Gasteiger partial charge < -0.3 is 19.5 Å². The summed E-state index contributed by atoms with van der Waals surface area (Å²) >= 11 is 0. The average Bonchev–Trinajstić information content (AvgIpc) is 3.01. The van der Waals surface area contributed by atoms with E-state index in [0.29, 0.717) is 42.4 Å². The normalized spacial score (nSPS) is 13.7. The largest absolute Gasteiger partial charge is 0.493 e. The summed E-state index contributed by atoms with van der Waals surface area (Å²) in [6.07, 6.45) is 0.522. The van der Waals surface area contributed by atoms with Gasteiger partial charge in [0.25, 0.3) is 11.8 Å². The van der Waals surface area contributed by atoms with Crippen molar-refractivity contribution in [2.45, 2.75) is 13.3 Å². The smallest absolute Gasteiger partial charge is 0.278 e. The zero-order valence-corrected chi connectivity index (χ0v) is 17.7. The number of nitrogens with one attached hydrogen (secondary N) is 1. The van der Waals surface area contributed by atoms with E-state index >= 15 is 0 Å². The maximum absolute atomic E-state index is 13.3.